The molecule has 0 aromatic rings. The number of nitrogens with one attached hydrogen (secondary N) is 1. The lowest BCUT2D eigenvalue weighted by Crippen LogP contribution is -2.71. The van der Waals surface area contributed by atoms with Crippen LogP contribution in [-0.2, 0) is 0 Å². The second kappa shape index (κ2) is 3.64. The Hall–Kier alpha value is -0.810. The van der Waals surface area contributed by atoms with Crippen LogP contribution in [0.3, 0.4) is 0 Å². The molecular weight excluding hydrogens is 196 g/mol. The lowest BCUT2D eigenvalue weighted by Gasteiger charge is -2.49. The van der Waals surface area contributed by atoms with Gasteiger partial charge in [0.15, 0.2) is 0 Å². The quantitative estimate of drug-likeness (QED) is 0.628. The predicted octanol–water partition coefficient (Wildman–Crippen LogP) is 0.488. The summed E-state index contributed by atoms with van der Waals surface area (Å²) in [5.74, 6) is 0. The molecule has 1 fully saturated rings. The van der Waals surface area contributed by atoms with Gasteiger partial charge in [-0.1, -0.05) is 0 Å². The van der Waals surface area contributed by atoms with E-state index in [1.807, 2.05) is 20.8 Å². The molecule has 1 heterocycles. The van der Waals surface area contributed by atoms with Gasteiger partial charge in [0, 0.05) is 18.6 Å². The zero-order valence-electron chi connectivity index (χ0n) is 9.74. The van der Waals surface area contributed by atoms with Crippen molar-refractivity contribution in [3.05, 3.63) is 0 Å². The van der Waals surface area contributed by atoms with Gasteiger partial charge in [0.25, 0.3) is 0 Å². The lowest BCUT2D eigenvalue weighted by atomic mass is 9.86. The molecule has 0 aromatic carbocycles. The summed E-state index contributed by atoms with van der Waals surface area (Å²) in [6, 6.07) is -0.406. The lowest BCUT2D eigenvalue weighted by molar-refractivity contribution is -0.0879. The van der Waals surface area contributed by atoms with Crippen LogP contribution < -0.4 is 5.32 Å². The van der Waals surface area contributed by atoms with Crippen molar-refractivity contribution < 1.29 is 15.0 Å². The Balaban J connectivity index is 2.85. The summed E-state index contributed by atoms with van der Waals surface area (Å²) in [4.78, 5) is 12.5. The van der Waals surface area contributed by atoms with Gasteiger partial charge in [-0.3, -0.25) is 4.90 Å². The Morgan fingerprint density at radius 1 is 1.47 bits per heavy atom. The SMILES string of the molecule is C[C@H](N(C(=O)O)C(C)(C)C)C1(O)CNC1. The van der Waals surface area contributed by atoms with Crippen LogP contribution in [-0.4, -0.2) is 51.5 Å². The Morgan fingerprint density at radius 2 is 1.93 bits per heavy atom. The van der Waals surface area contributed by atoms with Gasteiger partial charge in [0.1, 0.15) is 5.60 Å². The van der Waals surface area contributed by atoms with Crippen LogP contribution in [0.4, 0.5) is 4.79 Å². The van der Waals surface area contributed by atoms with Crippen molar-refractivity contribution in [3.8, 4) is 0 Å². The molecule has 15 heavy (non-hydrogen) atoms. The van der Waals surface area contributed by atoms with E-state index in [0.29, 0.717) is 13.1 Å². The normalized spacial score (nSPS) is 21.7. The van der Waals surface area contributed by atoms with Gasteiger partial charge >= 0.3 is 6.09 Å². The van der Waals surface area contributed by atoms with Crippen molar-refractivity contribution in [2.24, 2.45) is 0 Å². The molecule has 1 saturated heterocycles. The zero-order valence-corrected chi connectivity index (χ0v) is 9.74. The van der Waals surface area contributed by atoms with E-state index in [4.69, 9.17) is 5.11 Å². The minimum Gasteiger partial charge on any atom is -0.465 e. The second-order valence-corrected chi connectivity index (χ2v) is 5.21. The maximum atomic E-state index is 11.2. The predicted molar refractivity (Wildman–Crippen MR) is 56.9 cm³/mol. The maximum Gasteiger partial charge on any atom is 0.408 e. The third-order valence-electron chi connectivity index (χ3n) is 2.96. The number of rotatable bonds is 2. The average Bonchev–Trinajstić information content (AvgIpc) is 1.96. The molecule has 1 aliphatic heterocycles. The highest BCUT2D eigenvalue weighted by Gasteiger charge is 2.47. The van der Waals surface area contributed by atoms with Crippen molar-refractivity contribution in [2.75, 3.05) is 13.1 Å². The first-order valence-electron chi connectivity index (χ1n) is 5.14. The summed E-state index contributed by atoms with van der Waals surface area (Å²) in [5.41, 5.74) is -1.43. The topological polar surface area (TPSA) is 72.8 Å². The minimum absolute atomic E-state index is 0.406. The molecule has 3 N–H and O–H groups in total. The number of hydrogen-bond acceptors (Lipinski definition) is 3. The summed E-state index contributed by atoms with van der Waals surface area (Å²) in [5, 5.41) is 22.2. The average molecular weight is 216 g/mol. The van der Waals surface area contributed by atoms with E-state index in [9.17, 15) is 9.90 Å². The van der Waals surface area contributed by atoms with Crippen LogP contribution in [0.5, 0.6) is 0 Å². The number of β-amino-alcohol motifs (C(OH)–C–C–N with tert-alkyl or cyclic N) is 1. The first kappa shape index (κ1) is 12.3. The standard InChI is InChI=1S/C10H20N2O3/c1-7(10(15)5-11-6-10)12(8(13)14)9(2,3)4/h7,11,15H,5-6H2,1-4H3,(H,13,14)/t7-/m0/s1. The summed E-state index contributed by atoms with van der Waals surface area (Å²) in [7, 11) is 0. The molecule has 88 valence electrons. The monoisotopic (exact) mass is 216 g/mol. The molecule has 0 aliphatic carbocycles. The van der Waals surface area contributed by atoms with Crippen LogP contribution in [0.25, 0.3) is 0 Å². The number of nitrogens with zero attached hydrogens (tertiary/aromatic N) is 1. The first-order chi connectivity index (χ1) is 6.68. The van der Waals surface area contributed by atoms with E-state index < -0.39 is 23.3 Å². The third-order valence-corrected chi connectivity index (χ3v) is 2.96. The second-order valence-electron chi connectivity index (χ2n) is 5.21. The van der Waals surface area contributed by atoms with E-state index in [1.54, 1.807) is 6.92 Å². The van der Waals surface area contributed by atoms with Gasteiger partial charge in [-0.25, -0.2) is 4.79 Å². The molecule has 1 amide bonds. The molecule has 1 atom stereocenters. The van der Waals surface area contributed by atoms with E-state index in [0.717, 1.165) is 0 Å². The van der Waals surface area contributed by atoms with Gasteiger partial charge in [0.05, 0.1) is 6.04 Å². The number of hydrogen-bond donors (Lipinski definition) is 3. The van der Waals surface area contributed by atoms with Crippen molar-refractivity contribution in [3.63, 3.8) is 0 Å². The molecule has 5 nitrogen and oxygen atoms in total. The summed E-state index contributed by atoms with van der Waals surface area (Å²) in [6.45, 7) is 8.13. The fraction of sp³-hybridized carbons (Fsp3) is 0.900. The fourth-order valence-electron chi connectivity index (χ4n) is 1.95. The molecule has 0 saturated carbocycles. The van der Waals surface area contributed by atoms with Crippen LogP contribution >= 0.6 is 0 Å². The van der Waals surface area contributed by atoms with Crippen molar-refractivity contribution in [1.29, 1.82) is 0 Å². The van der Waals surface area contributed by atoms with E-state index in [1.165, 1.54) is 4.90 Å². The molecule has 0 radical (unpaired) electrons. The van der Waals surface area contributed by atoms with Gasteiger partial charge in [0.2, 0.25) is 0 Å². The maximum absolute atomic E-state index is 11.2. The molecule has 0 unspecified atom stereocenters. The molecule has 0 bridgehead atoms. The van der Waals surface area contributed by atoms with Crippen molar-refractivity contribution in [2.45, 2.75) is 44.9 Å². The smallest absolute Gasteiger partial charge is 0.408 e. The number of aliphatic hydroxyl groups is 1. The van der Waals surface area contributed by atoms with Crippen LogP contribution in [0.15, 0.2) is 0 Å². The van der Waals surface area contributed by atoms with Crippen molar-refractivity contribution >= 4 is 6.09 Å². The molecule has 0 spiro atoms. The number of carbonyl (C=O) groups is 1. The summed E-state index contributed by atoms with van der Waals surface area (Å²) in [6.07, 6.45) is -0.990. The number of carboxylic acid groups (broad SMARTS) is 1. The van der Waals surface area contributed by atoms with Crippen LogP contribution in [0, 0.1) is 0 Å². The van der Waals surface area contributed by atoms with Gasteiger partial charge < -0.3 is 15.5 Å². The summed E-state index contributed by atoms with van der Waals surface area (Å²) < 4.78 is 0. The van der Waals surface area contributed by atoms with E-state index in [-0.39, 0.29) is 0 Å². The van der Waals surface area contributed by atoms with Gasteiger partial charge in [-0.2, -0.15) is 0 Å². The number of amides is 1. The van der Waals surface area contributed by atoms with E-state index >= 15 is 0 Å². The highest BCUT2D eigenvalue weighted by molar-refractivity contribution is 5.66. The zero-order chi connectivity index (χ0) is 11.9. The largest absolute Gasteiger partial charge is 0.465 e. The Bertz CT molecular complexity index is 256. The fourth-order valence-corrected chi connectivity index (χ4v) is 1.95. The van der Waals surface area contributed by atoms with Crippen molar-refractivity contribution in [1.82, 2.24) is 10.2 Å². The third kappa shape index (κ3) is 2.23. The van der Waals surface area contributed by atoms with Crippen LogP contribution in [0.1, 0.15) is 27.7 Å². The highest BCUT2D eigenvalue weighted by Crippen LogP contribution is 2.26. The Kier molecular flexibility index (Phi) is 2.98. The molecule has 5 heteroatoms. The van der Waals surface area contributed by atoms with Gasteiger partial charge in [-0.05, 0) is 27.7 Å². The molecule has 0 aromatic heterocycles. The van der Waals surface area contributed by atoms with E-state index in [2.05, 4.69) is 5.32 Å². The molecule has 1 aliphatic rings. The first-order valence-corrected chi connectivity index (χ1v) is 5.14. The van der Waals surface area contributed by atoms with Crippen LogP contribution in [0.2, 0.25) is 0 Å². The Morgan fingerprint density at radius 3 is 2.13 bits per heavy atom. The molecule has 1 rings (SSSR count). The molecular formula is C10H20N2O3. The van der Waals surface area contributed by atoms with Gasteiger partial charge in [-0.15, -0.1) is 0 Å². The summed E-state index contributed by atoms with van der Waals surface area (Å²) >= 11 is 0. The minimum atomic E-state index is -0.990. The highest BCUT2D eigenvalue weighted by atomic mass is 16.4. The Labute approximate surface area is 90.1 Å².